The van der Waals surface area contributed by atoms with Gasteiger partial charge in [0.2, 0.25) is 0 Å². The summed E-state index contributed by atoms with van der Waals surface area (Å²) in [6, 6.07) is 28.3. The van der Waals surface area contributed by atoms with Gasteiger partial charge in [0.15, 0.2) is 0 Å². The van der Waals surface area contributed by atoms with Gasteiger partial charge in [-0.2, -0.15) is 0 Å². The molecule has 1 aliphatic heterocycles. The summed E-state index contributed by atoms with van der Waals surface area (Å²) in [6.45, 7) is 4.26. The van der Waals surface area contributed by atoms with E-state index in [0.717, 1.165) is 31.7 Å². The topological polar surface area (TPSA) is 28.2 Å². The van der Waals surface area contributed by atoms with E-state index in [1.54, 1.807) is 0 Å². The number of aromatic nitrogens is 1. The highest BCUT2D eigenvalue weighted by Gasteiger charge is 2.26. The van der Waals surface area contributed by atoms with Crippen molar-refractivity contribution < 1.29 is 0 Å². The molecule has 0 bridgehead atoms. The van der Waals surface area contributed by atoms with Crippen LogP contribution in [0.4, 0.5) is 0 Å². The third kappa shape index (κ3) is 3.97. The van der Waals surface area contributed by atoms with Gasteiger partial charge in [0.25, 0.3) is 0 Å². The molecule has 1 fully saturated rings. The molecule has 4 heteroatoms. The molecule has 3 nitrogen and oxygen atoms in total. The molecule has 1 N–H and O–H groups in total. The summed E-state index contributed by atoms with van der Waals surface area (Å²) in [4.78, 5) is 7.62. The van der Waals surface area contributed by atoms with E-state index in [0.29, 0.717) is 0 Å². The van der Waals surface area contributed by atoms with Gasteiger partial charge < -0.3 is 5.32 Å². The van der Waals surface area contributed by atoms with E-state index >= 15 is 0 Å². The summed E-state index contributed by atoms with van der Waals surface area (Å²) in [7, 11) is 0. The van der Waals surface area contributed by atoms with Gasteiger partial charge in [-0.25, -0.2) is 4.98 Å². The molecule has 2 heterocycles. The van der Waals surface area contributed by atoms with Gasteiger partial charge in [-0.3, -0.25) is 4.90 Å². The zero-order chi connectivity index (χ0) is 19.5. The van der Waals surface area contributed by atoms with Gasteiger partial charge in [-0.1, -0.05) is 66.7 Å². The van der Waals surface area contributed by atoms with Crippen LogP contribution in [-0.2, 0) is 0 Å². The highest BCUT2D eigenvalue weighted by atomic mass is 32.1. The third-order valence-electron chi connectivity index (χ3n) is 5.62. The number of nitrogens with zero attached hydrogens (tertiary/aromatic N) is 2. The molecule has 0 aliphatic carbocycles. The first-order valence-electron chi connectivity index (χ1n) is 10.3. The molecule has 4 aromatic rings. The quantitative estimate of drug-likeness (QED) is 0.501. The predicted octanol–water partition coefficient (Wildman–Crippen LogP) is 5.35. The molecule has 146 valence electrons. The van der Waals surface area contributed by atoms with Gasteiger partial charge in [0.1, 0.15) is 5.01 Å². The second-order valence-corrected chi connectivity index (χ2v) is 8.61. The van der Waals surface area contributed by atoms with Crippen LogP contribution in [0.25, 0.3) is 21.3 Å². The van der Waals surface area contributed by atoms with Crippen LogP contribution in [-0.4, -0.2) is 36.1 Å². The Morgan fingerprint density at radius 3 is 2.38 bits per heavy atom. The smallest absolute Gasteiger partial charge is 0.116 e. The van der Waals surface area contributed by atoms with E-state index < -0.39 is 0 Å². The van der Waals surface area contributed by atoms with Crippen molar-refractivity contribution in [2.24, 2.45) is 0 Å². The van der Waals surface area contributed by atoms with E-state index in [1.165, 1.54) is 32.8 Å². The molecular weight excluding hydrogens is 374 g/mol. The lowest BCUT2D eigenvalue weighted by atomic mass is 10.00. The van der Waals surface area contributed by atoms with Crippen molar-refractivity contribution in [2.45, 2.75) is 12.5 Å². The van der Waals surface area contributed by atoms with Gasteiger partial charge >= 0.3 is 0 Å². The lowest BCUT2D eigenvalue weighted by molar-refractivity contribution is 0.241. The lowest BCUT2D eigenvalue weighted by Gasteiger charge is -2.29. The number of fused-ring (bicyclic) bond motifs is 1. The Kier molecular flexibility index (Phi) is 5.39. The largest absolute Gasteiger partial charge is 0.315 e. The predicted molar refractivity (Wildman–Crippen MR) is 122 cm³/mol. The highest BCUT2D eigenvalue weighted by Crippen LogP contribution is 2.35. The molecule has 1 atom stereocenters. The maximum Gasteiger partial charge on any atom is 0.116 e. The van der Waals surface area contributed by atoms with Crippen LogP contribution in [0.2, 0.25) is 0 Å². The number of nitrogens with one attached hydrogen (secondary N) is 1. The minimum atomic E-state index is 0.206. The van der Waals surface area contributed by atoms with Gasteiger partial charge in [0, 0.05) is 19.6 Å². The number of benzene rings is 3. The summed E-state index contributed by atoms with van der Waals surface area (Å²) in [5, 5.41) is 4.73. The second-order valence-electron chi connectivity index (χ2n) is 7.55. The Hall–Kier alpha value is -2.53. The molecule has 0 amide bonds. The van der Waals surface area contributed by atoms with Crippen molar-refractivity contribution in [3.63, 3.8) is 0 Å². The standard InChI is InChI=1S/C25H25N3S/c1-2-7-19(8-3-1)20-11-13-21(14-12-20)24(28-17-6-15-26-16-18-28)25-27-22-9-4-5-10-23(22)29-25/h1-5,7-14,24,26H,6,15-18H2. The maximum absolute atomic E-state index is 5.03. The normalized spacial score (nSPS) is 16.6. The number of hydrogen-bond acceptors (Lipinski definition) is 4. The van der Waals surface area contributed by atoms with Crippen LogP contribution >= 0.6 is 11.3 Å². The number of hydrogen-bond donors (Lipinski definition) is 1. The van der Waals surface area contributed by atoms with Crippen molar-refractivity contribution in [2.75, 3.05) is 26.2 Å². The fourth-order valence-corrected chi connectivity index (χ4v) is 5.26. The molecule has 29 heavy (non-hydrogen) atoms. The van der Waals surface area contributed by atoms with Crippen LogP contribution in [0.3, 0.4) is 0 Å². The molecular formula is C25H25N3S. The van der Waals surface area contributed by atoms with Crippen LogP contribution in [0.1, 0.15) is 23.0 Å². The molecule has 5 rings (SSSR count). The first-order valence-corrected chi connectivity index (χ1v) is 11.2. The highest BCUT2D eigenvalue weighted by molar-refractivity contribution is 7.18. The van der Waals surface area contributed by atoms with Gasteiger partial charge in [-0.15, -0.1) is 11.3 Å². The molecule has 0 radical (unpaired) electrons. The molecule has 1 aliphatic rings. The summed E-state index contributed by atoms with van der Waals surface area (Å²) >= 11 is 1.83. The van der Waals surface area contributed by atoms with E-state index in [9.17, 15) is 0 Å². The molecule has 1 saturated heterocycles. The fraction of sp³-hybridized carbons (Fsp3) is 0.240. The minimum absolute atomic E-state index is 0.206. The lowest BCUT2D eigenvalue weighted by Crippen LogP contribution is -2.33. The SMILES string of the molecule is c1ccc(-c2ccc(C(c3nc4ccccc4s3)N3CCCNCC3)cc2)cc1. The second kappa shape index (κ2) is 8.46. The Morgan fingerprint density at radius 1 is 0.793 bits per heavy atom. The van der Waals surface area contributed by atoms with Gasteiger partial charge in [0.05, 0.1) is 16.3 Å². The number of para-hydroxylation sites is 1. The minimum Gasteiger partial charge on any atom is -0.315 e. The average Bonchev–Trinajstić information content (AvgIpc) is 3.02. The first kappa shape index (κ1) is 18.5. The summed E-state index contributed by atoms with van der Waals surface area (Å²) < 4.78 is 1.27. The maximum atomic E-state index is 5.03. The van der Waals surface area contributed by atoms with Crippen molar-refractivity contribution in [3.8, 4) is 11.1 Å². The Balaban J connectivity index is 1.54. The van der Waals surface area contributed by atoms with Crippen LogP contribution in [0, 0.1) is 0 Å². The molecule has 1 unspecified atom stereocenters. The number of rotatable bonds is 4. The average molecular weight is 400 g/mol. The monoisotopic (exact) mass is 399 g/mol. The van der Waals surface area contributed by atoms with Gasteiger partial charge in [-0.05, 0) is 41.8 Å². The van der Waals surface area contributed by atoms with E-state index in [1.807, 2.05) is 11.3 Å². The van der Waals surface area contributed by atoms with Crippen molar-refractivity contribution in [1.29, 1.82) is 0 Å². The van der Waals surface area contributed by atoms with Crippen molar-refractivity contribution in [3.05, 3.63) is 89.4 Å². The molecule has 0 spiro atoms. The van der Waals surface area contributed by atoms with Crippen LogP contribution < -0.4 is 5.32 Å². The van der Waals surface area contributed by atoms with E-state index in [4.69, 9.17) is 4.98 Å². The molecule has 3 aromatic carbocycles. The molecule has 0 saturated carbocycles. The zero-order valence-corrected chi connectivity index (χ0v) is 17.2. The van der Waals surface area contributed by atoms with E-state index in [-0.39, 0.29) is 6.04 Å². The van der Waals surface area contributed by atoms with Crippen LogP contribution in [0.15, 0.2) is 78.9 Å². The zero-order valence-electron chi connectivity index (χ0n) is 16.4. The third-order valence-corrected chi connectivity index (χ3v) is 6.71. The summed E-state index contributed by atoms with van der Waals surface area (Å²) in [5.41, 5.74) is 4.95. The number of thiazole rings is 1. The van der Waals surface area contributed by atoms with Crippen molar-refractivity contribution in [1.82, 2.24) is 15.2 Å². The first-order chi connectivity index (χ1) is 14.4. The van der Waals surface area contributed by atoms with E-state index in [2.05, 4.69) is 89.1 Å². The molecule has 1 aromatic heterocycles. The van der Waals surface area contributed by atoms with Crippen molar-refractivity contribution >= 4 is 21.6 Å². The fourth-order valence-electron chi connectivity index (χ4n) is 4.13. The Labute approximate surface area is 176 Å². The Bertz CT molecular complexity index is 1030. The Morgan fingerprint density at radius 2 is 1.55 bits per heavy atom. The van der Waals surface area contributed by atoms with Crippen LogP contribution in [0.5, 0.6) is 0 Å². The summed E-state index contributed by atoms with van der Waals surface area (Å²) in [6.07, 6.45) is 1.17. The summed E-state index contributed by atoms with van der Waals surface area (Å²) in [5.74, 6) is 0.